The van der Waals surface area contributed by atoms with Gasteiger partial charge in [-0.05, 0) is 27.7 Å². The molecule has 0 bridgehead atoms. The van der Waals surface area contributed by atoms with Crippen molar-refractivity contribution in [3.8, 4) is 0 Å². The highest BCUT2D eigenvalue weighted by atomic mass is 16.7. The largest absolute Gasteiger partial charge is 0.343 e. The second kappa shape index (κ2) is 5.45. The smallest absolute Gasteiger partial charge is 0.184 e. The second-order valence-corrected chi connectivity index (χ2v) is 5.70. The zero-order valence-corrected chi connectivity index (χ0v) is 12.4. The Morgan fingerprint density at radius 1 is 0.550 bits per heavy atom. The van der Waals surface area contributed by atoms with E-state index in [2.05, 4.69) is 0 Å². The van der Waals surface area contributed by atoms with Gasteiger partial charge in [-0.3, -0.25) is 0 Å². The minimum atomic E-state index is -0.266. The average molecular weight is 278 g/mol. The number of benzene rings is 1. The monoisotopic (exact) mass is 278 g/mol. The molecule has 3 rings (SSSR count). The lowest BCUT2D eigenvalue weighted by atomic mass is 10.1. The summed E-state index contributed by atoms with van der Waals surface area (Å²) < 4.78 is 23.1. The first-order chi connectivity index (χ1) is 9.54. The van der Waals surface area contributed by atoms with Crippen LogP contribution in [0.25, 0.3) is 0 Å². The normalized spacial score (nSPS) is 38.5. The molecule has 5 atom stereocenters. The minimum Gasteiger partial charge on any atom is -0.343 e. The topological polar surface area (TPSA) is 36.9 Å². The molecule has 0 radical (unpaired) electrons. The van der Waals surface area contributed by atoms with Gasteiger partial charge in [0.05, 0.1) is 24.4 Å². The zero-order chi connectivity index (χ0) is 14.3. The van der Waals surface area contributed by atoms with E-state index in [-0.39, 0.29) is 37.0 Å². The van der Waals surface area contributed by atoms with Gasteiger partial charge in [0.25, 0.3) is 0 Å². The van der Waals surface area contributed by atoms with Gasteiger partial charge in [0.2, 0.25) is 0 Å². The molecule has 1 aromatic rings. The molecule has 0 N–H and O–H groups in total. The molecule has 1 aromatic carbocycles. The molecule has 2 fully saturated rings. The minimum absolute atomic E-state index is 0.128. The summed E-state index contributed by atoms with van der Waals surface area (Å²) in [7, 11) is 0. The molecule has 2 saturated heterocycles. The number of hydrogen-bond acceptors (Lipinski definition) is 4. The van der Waals surface area contributed by atoms with E-state index in [1.54, 1.807) is 0 Å². The van der Waals surface area contributed by atoms with Gasteiger partial charge in [0.1, 0.15) is 0 Å². The van der Waals surface area contributed by atoms with Crippen LogP contribution in [0.2, 0.25) is 0 Å². The van der Waals surface area contributed by atoms with Crippen molar-refractivity contribution in [2.45, 2.75) is 64.7 Å². The van der Waals surface area contributed by atoms with Crippen molar-refractivity contribution in [1.82, 2.24) is 0 Å². The molecule has 4 nitrogen and oxygen atoms in total. The lowest BCUT2D eigenvalue weighted by Crippen LogP contribution is -2.13. The van der Waals surface area contributed by atoms with Crippen molar-refractivity contribution in [3.05, 3.63) is 35.4 Å². The van der Waals surface area contributed by atoms with Crippen LogP contribution in [0, 0.1) is 0 Å². The molecule has 0 amide bonds. The summed E-state index contributed by atoms with van der Waals surface area (Å²) in [6, 6.07) is 8.08. The summed E-state index contributed by atoms with van der Waals surface area (Å²) in [5.74, 6) is 0. The molecule has 2 aliphatic heterocycles. The van der Waals surface area contributed by atoms with Crippen molar-refractivity contribution < 1.29 is 18.9 Å². The predicted molar refractivity (Wildman–Crippen MR) is 74.1 cm³/mol. The van der Waals surface area contributed by atoms with Gasteiger partial charge in [0.15, 0.2) is 12.6 Å². The molecule has 1 unspecified atom stereocenters. The van der Waals surface area contributed by atoms with Crippen molar-refractivity contribution in [2.24, 2.45) is 0 Å². The van der Waals surface area contributed by atoms with Gasteiger partial charge < -0.3 is 18.9 Å². The van der Waals surface area contributed by atoms with Gasteiger partial charge in [-0.15, -0.1) is 0 Å². The summed E-state index contributed by atoms with van der Waals surface area (Å²) >= 11 is 0. The number of hydrogen-bond donors (Lipinski definition) is 0. The Bertz CT molecular complexity index is 395. The first-order valence-corrected chi connectivity index (χ1v) is 7.26. The van der Waals surface area contributed by atoms with Crippen molar-refractivity contribution in [2.75, 3.05) is 0 Å². The third-order valence-corrected chi connectivity index (χ3v) is 4.16. The van der Waals surface area contributed by atoms with Crippen LogP contribution in [-0.4, -0.2) is 24.4 Å². The SMILES string of the molecule is C[C@@H]1OC(c2ccc(C3O[C@H](C)[C@@H](C)O3)cc2)O[C@@H]1C. The van der Waals surface area contributed by atoms with Gasteiger partial charge in [0, 0.05) is 11.1 Å². The van der Waals surface area contributed by atoms with E-state index in [0.717, 1.165) is 11.1 Å². The highest BCUT2D eigenvalue weighted by Crippen LogP contribution is 2.34. The van der Waals surface area contributed by atoms with Crippen LogP contribution in [0.5, 0.6) is 0 Å². The summed E-state index contributed by atoms with van der Waals surface area (Å²) in [6.07, 6.45) is -0.0221. The van der Waals surface area contributed by atoms with Crippen LogP contribution in [-0.2, 0) is 18.9 Å². The van der Waals surface area contributed by atoms with Crippen LogP contribution in [0.1, 0.15) is 51.4 Å². The Morgan fingerprint density at radius 2 is 0.800 bits per heavy atom. The Balaban J connectivity index is 1.69. The standard InChI is InChI=1S/C16H22O4/c1-9-10(2)18-15(17-9)13-5-7-14(8-6-13)16-19-11(3)12(4)20-16/h5-12,15-16H,1-4H3/t9-,10-,11-,12+,16?/m1/s1. The third kappa shape index (κ3) is 2.61. The maximum Gasteiger partial charge on any atom is 0.184 e. The molecule has 20 heavy (non-hydrogen) atoms. The number of rotatable bonds is 2. The Hall–Kier alpha value is -0.940. The highest BCUT2D eigenvalue weighted by molar-refractivity contribution is 5.25. The lowest BCUT2D eigenvalue weighted by Gasteiger charge is -2.13. The fourth-order valence-corrected chi connectivity index (χ4v) is 2.41. The summed E-state index contributed by atoms with van der Waals surface area (Å²) in [5.41, 5.74) is 2.06. The van der Waals surface area contributed by atoms with E-state index in [1.165, 1.54) is 0 Å². The fraction of sp³-hybridized carbons (Fsp3) is 0.625. The van der Waals surface area contributed by atoms with E-state index in [1.807, 2.05) is 52.0 Å². The highest BCUT2D eigenvalue weighted by Gasteiger charge is 2.32. The van der Waals surface area contributed by atoms with Gasteiger partial charge in [-0.1, -0.05) is 24.3 Å². The van der Waals surface area contributed by atoms with Crippen LogP contribution in [0.3, 0.4) is 0 Å². The molecule has 4 heteroatoms. The van der Waals surface area contributed by atoms with Crippen LogP contribution < -0.4 is 0 Å². The molecule has 0 saturated carbocycles. The van der Waals surface area contributed by atoms with E-state index in [9.17, 15) is 0 Å². The first-order valence-electron chi connectivity index (χ1n) is 7.26. The van der Waals surface area contributed by atoms with E-state index >= 15 is 0 Å². The maximum absolute atomic E-state index is 5.77. The summed E-state index contributed by atoms with van der Waals surface area (Å²) in [5, 5.41) is 0. The molecule has 2 aliphatic rings. The maximum atomic E-state index is 5.77. The Morgan fingerprint density at radius 3 is 1.05 bits per heavy atom. The van der Waals surface area contributed by atoms with Crippen molar-refractivity contribution in [1.29, 1.82) is 0 Å². The number of ether oxygens (including phenoxy) is 4. The fourth-order valence-electron chi connectivity index (χ4n) is 2.41. The van der Waals surface area contributed by atoms with Gasteiger partial charge in [-0.25, -0.2) is 0 Å². The predicted octanol–water partition coefficient (Wildman–Crippen LogP) is 3.33. The zero-order valence-electron chi connectivity index (χ0n) is 12.4. The molecule has 0 spiro atoms. The lowest BCUT2D eigenvalue weighted by molar-refractivity contribution is -0.0679. The van der Waals surface area contributed by atoms with Gasteiger partial charge in [-0.2, -0.15) is 0 Å². The van der Waals surface area contributed by atoms with Crippen molar-refractivity contribution in [3.63, 3.8) is 0 Å². The Kier molecular flexibility index (Phi) is 3.82. The summed E-state index contributed by atoms with van der Waals surface area (Å²) in [4.78, 5) is 0. The van der Waals surface area contributed by atoms with E-state index < -0.39 is 0 Å². The average Bonchev–Trinajstić information content (AvgIpc) is 2.94. The Labute approximate surface area is 120 Å². The molecular weight excluding hydrogens is 256 g/mol. The molecule has 0 aliphatic carbocycles. The molecular formula is C16H22O4. The first kappa shape index (κ1) is 14.0. The molecule has 110 valence electrons. The van der Waals surface area contributed by atoms with Crippen LogP contribution >= 0.6 is 0 Å². The summed E-state index contributed by atoms with van der Waals surface area (Å²) in [6.45, 7) is 8.12. The van der Waals surface area contributed by atoms with E-state index in [0.29, 0.717) is 0 Å². The van der Waals surface area contributed by atoms with Crippen molar-refractivity contribution >= 4 is 0 Å². The quantitative estimate of drug-likeness (QED) is 0.831. The molecule has 0 aromatic heterocycles. The third-order valence-electron chi connectivity index (χ3n) is 4.16. The van der Waals surface area contributed by atoms with E-state index in [4.69, 9.17) is 18.9 Å². The van der Waals surface area contributed by atoms with Crippen LogP contribution in [0.15, 0.2) is 24.3 Å². The van der Waals surface area contributed by atoms with Gasteiger partial charge >= 0.3 is 0 Å². The van der Waals surface area contributed by atoms with Crippen LogP contribution in [0.4, 0.5) is 0 Å². The molecule has 2 heterocycles. The second-order valence-electron chi connectivity index (χ2n) is 5.70.